The van der Waals surface area contributed by atoms with E-state index in [2.05, 4.69) is 71.4 Å². The molecule has 1 aliphatic heterocycles. The Balaban J connectivity index is 1.28. The molecule has 1 saturated heterocycles. The number of piperazine rings is 1. The molecular weight excluding hydrogens is 404 g/mol. The van der Waals surface area contributed by atoms with Crippen LogP contribution in [-0.2, 0) is 12.0 Å². The fourth-order valence-corrected chi connectivity index (χ4v) is 8.28. The van der Waals surface area contributed by atoms with E-state index >= 15 is 0 Å². The lowest BCUT2D eigenvalue weighted by atomic mass is 9.44. The number of hydrogen-bond donors (Lipinski definition) is 1. The van der Waals surface area contributed by atoms with E-state index in [1.54, 1.807) is 0 Å². The van der Waals surface area contributed by atoms with Gasteiger partial charge in [0, 0.05) is 38.1 Å². The number of aliphatic hydroxyl groups is 1. The Morgan fingerprint density at radius 1 is 0.788 bits per heavy atom. The summed E-state index contributed by atoms with van der Waals surface area (Å²) in [5.41, 5.74) is 2.69. The molecule has 1 heterocycles. The van der Waals surface area contributed by atoms with Gasteiger partial charge in [0.2, 0.25) is 0 Å². The van der Waals surface area contributed by atoms with Gasteiger partial charge in [-0.2, -0.15) is 0 Å². The molecule has 7 rings (SSSR count). The quantitative estimate of drug-likeness (QED) is 0.684. The summed E-state index contributed by atoms with van der Waals surface area (Å²) in [4.78, 5) is 5.00. The van der Waals surface area contributed by atoms with Gasteiger partial charge in [-0.05, 0) is 86.4 Å². The fourth-order valence-electron chi connectivity index (χ4n) is 8.28. The smallest absolute Gasteiger partial charge is 0.120 e. The Kier molecular flexibility index (Phi) is 5.63. The first-order valence-electron chi connectivity index (χ1n) is 13.3. The van der Waals surface area contributed by atoms with E-state index in [0.29, 0.717) is 0 Å². The van der Waals surface area contributed by atoms with Crippen LogP contribution in [0.5, 0.6) is 0 Å². The monoisotopic (exact) mass is 444 g/mol. The maximum Gasteiger partial charge on any atom is 0.120 e. The molecule has 5 aliphatic rings. The Bertz CT molecular complexity index is 912. The normalized spacial score (nSPS) is 33.8. The largest absolute Gasteiger partial charge is 0.380 e. The lowest BCUT2D eigenvalue weighted by molar-refractivity contribution is -0.164. The van der Waals surface area contributed by atoms with Gasteiger partial charge in [0.05, 0.1) is 0 Å². The zero-order chi connectivity index (χ0) is 22.5. The molecular formula is C30H40N2O. The Morgan fingerprint density at radius 2 is 1.33 bits per heavy atom. The van der Waals surface area contributed by atoms with Crippen molar-refractivity contribution in [1.82, 2.24) is 9.80 Å². The highest BCUT2D eigenvalue weighted by molar-refractivity contribution is 5.41. The summed E-state index contributed by atoms with van der Waals surface area (Å²) in [7, 11) is 2.22. The van der Waals surface area contributed by atoms with E-state index in [9.17, 15) is 5.11 Å². The van der Waals surface area contributed by atoms with Crippen LogP contribution in [0.1, 0.15) is 55.2 Å². The summed E-state index contributed by atoms with van der Waals surface area (Å²) in [6, 6.07) is 19.7. The Morgan fingerprint density at radius 3 is 1.91 bits per heavy atom. The topological polar surface area (TPSA) is 26.7 Å². The van der Waals surface area contributed by atoms with Gasteiger partial charge in [0.1, 0.15) is 5.60 Å². The van der Waals surface area contributed by atoms with Crippen molar-refractivity contribution in [3.8, 4) is 0 Å². The molecule has 1 unspecified atom stereocenters. The van der Waals surface area contributed by atoms with E-state index in [0.717, 1.165) is 41.8 Å². The van der Waals surface area contributed by atoms with Crippen molar-refractivity contribution in [3.05, 3.63) is 71.3 Å². The second-order valence-electron chi connectivity index (χ2n) is 11.9. The molecule has 1 N–H and O–H groups in total. The lowest BCUT2D eigenvalue weighted by Gasteiger charge is -2.62. The van der Waals surface area contributed by atoms with Gasteiger partial charge in [-0.25, -0.2) is 0 Å². The van der Waals surface area contributed by atoms with Crippen molar-refractivity contribution in [3.63, 3.8) is 0 Å². The van der Waals surface area contributed by atoms with Gasteiger partial charge >= 0.3 is 0 Å². The molecule has 2 aromatic rings. The standard InChI is InChI=1S/C30H40N2O/c1-31-13-15-32(16-14-31)12-11-23-7-9-28(10-8-23)30(33,27-5-3-2-4-6-27)29-20-24-17-25(21-29)19-26(18-24)22-29/h2-10,24-26,33H,11-22H2,1H3. The third-order valence-electron chi connectivity index (χ3n) is 9.68. The SMILES string of the molecule is CN1CCN(CCc2ccc(C(O)(c3ccccc3)C34CC5CC(CC(C5)C3)C4)cc2)CC1. The van der Waals surface area contributed by atoms with Crippen LogP contribution in [0.4, 0.5) is 0 Å². The molecule has 0 aromatic heterocycles. The molecule has 0 radical (unpaired) electrons. The molecule has 3 heteroatoms. The van der Waals surface area contributed by atoms with E-state index in [1.165, 1.54) is 70.3 Å². The van der Waals surface area contributed by atoms with Gasteiger partial charge in [-0.1, -0.05) is 54.6 Å². The van der Waals surface area contributed by atoms with Crippen LogP contribution in [0.25, 0.3) is 0 Å². The molecule has 176 valence electrons. The van der Waals surface area contributed by atoms with Crippen molar-refractivity contribution < 1.29 is 5.11 Å². The van der Waals surface area contributed by atoms with Gasteiger partial charge < -0.3 is 14.9 Å². The third kappa shape index (κ3) is 3.87. The number of rotatable bonds is 6. The van der Waals surface area contributed by atoms with Crippen molar-refractivity contribution in [2.75, 3.05) is 39.8 Å². The highest BCUT2D eigenvalue weighted by Gasteiger charge is 2.61. The average Bonchev–Trinajstić information content (AvgIpc) is 2.83. The summed E-state index contributed by atoms with van der Waals surface area (Å²) in [6.45, 7) is 5.83. The minimum absolute atomic E-state index is 0.00948. The highest BCUT2D eigenvalue weighted by Crippen LogP contribution is 2.67. The zero-order valence-electron chi connectivity index (χ0n) is 20.3. The molecule has 0 spiro atoms. The highest BCUT2D eigenvalue weighted by atomic mass is 16.3. The molecule has 4 saturated carbocycles. The second-order valence-corrected chi connectivity index (χ2v) is 11.9. The van der Waals surface area contributed by atoms with Crippen molar-refractivity contribution in [2.45, 2.75) is 50.5 Å². The number of likely N-dealkylation sites (N-methyl/N-ethyl adjacent to an activating group) is 1. The van der Waals surface area contributed by atoms with Gasteiger partial charge in [0.25, 0.3) is 0 Å². The number of nitrogens with zero attached hydrogens (tertiary/aromatic N) is 2. The lowest BCUT2D eigenvalue weighted by Crippen LogP contribution is -2.57. The van der Waals surface area contributed by atoms with Crippen LogP contribution >= 0.6 is 0 Å². The Labute approximate surface area is 199 Å². The van der Waals surface area contributed by atoms with E-state index in [-0.39, 0.29) is 5.41 Å². The van der Waals surface area contributed by atoms with Crippen LogP contribution in [0.2, 0.25) is 0 Å². The summed E-state index contributed by atoms with van der Waals surface area (Å²) in [5, 5.41) is 12.8. The van der Waals surface area contributed by atoms with Crippen LogP contribution in [0.3, 0.4) is 0 Å². The minimum Gasteiger partial charge on any atom is -0.380 e. The average molecular weight is 445 g/mol. The molecule has 33 heavy (non-hydrogen) atoms. The fraction of sp³-hybridized carbons (Fsp3) is 0.600. The first-order chi connectivity index (χ1) is 16.0. The molecule has 5 fully saturated rings. The predicted octanol–water partition coefficient (Wildman–Crippen LogP) is 4.93. The number of hydrogen-bond acceptors (Lipinski definition) is 3. The summed E-state index contributed by atoms with van der Waals surface area (Å²) in [6.07, 6.45) is 8.85. The van der Waals surface area contributed by atoms with E-state index in [4.69, 9.17) is 0 Å². The minimum atomic E-state index is -0.889. The molecule has 4 bridgehead atoms. The second kappa shape index (κ2) is 8.52. The van der Waals surface area contributed by atoms with Crippen LogP contribution in [0.15, 0.2) is 54.6 Å². The van der Waals surface area contributed by atoms with Crippen LogP contribution in [0, 0.1) is 23.2 Å². The Hall–Kier alpha value is -1.68. The summed E-state index contributed by atoms with van der Waals surface area (Å²) < 4.78 is 0. The van der Waals surface area contributed by atoms with Crippen molar-refractivity contribution in [1.29, 1.82) is 0 Å². The molecule has 2 aromatic carbocycles. The van der Waals surface area contributed by atoms with E-state index < -0.39 is 5.60 Å². The van der Waals surface area contributed by atoms with Crippen LogP contribution in [-0.4, -0.2) is 54.7 Å². The zero-order valence-corrected chi connectivity index (χ0v) is 20.3. The molecule has 3 nitrogen and oxygen atoms in total. The van der Waals surface area contributed by atoms with Gasteiger partial charge in [-0.3, -0.25) is 0 Å². The third-order valence-corrected chi connectivity index (χ3v) is 9.68. The first kappa shape index (κ1) is 21.8. The van der Waals surface area contributed by atoms with Gasteiger partial charge in [0.15, 0.2) is 0 Å². The molecule has 1 atom stereocenters. The van der Waals surface area contributed by atoms with Crippen molar-refractivity contribution >= 4 is 0 Å². The van der Waals surface area contributed by atoms with Crippen LogP contribution < -0.4 is 0 Å². The molecule has 4 aliphatic carbocycles. The maximum absolute atomic E-state index is 12.8. The van der Waals surface area contributed by atoms with Gasteiger partial charge in [-0.15, -0.1) is 0 Å². The summed E-state index contributed by atoms with van der Waals surface area (Å²) >= 11 is 0. The van der Waals surface area contributed by atoms with Crippen molar-refractivity contribution in [2.24, 2.45) is 23.2 Å². The number of benzene rings is 2. The predicted molar refractivity (Wildman–Crippen MR) is 134 cm³/mol. The summed E-state index contributed by atoms with van der Waals surface area (Å²) in [5.74, 6) is 2.44. The molecule has 0 amide bonds. The maximum atomic E-state index is 12.8. The first-order valence-corrected chi connectivity index (χ1v) is 13.3. The van der Waals surface area contributed by atoms with E-state index in [1.807, 2.05) is 0 Å².